The van der Waals surface area contributed by atoms with Gasteiger partial charge in [0, 0.05) is 18.1 Å². The molecule has 116 valence electrons. The third kappa shape index (κ3) is 2.80. The fraction of sp³-hybridized carbons (Fsp3) is 0.235. The third-order valence-corrected chi connectivity index (χ3v) is 5.88. The summed E-state index contributed by atoms with van der Waals surface area (Å²) >= 11 is 3.17. The summed E-state index contributed by atoms with van der Waals surface area (Å²) in [6.07, 6.45) is 3.76. The third-order valence-electron chi connectivity index (χ3n) is 4.00. The quantitative estimate of drug-likeness (QED) is 0.716. The van der Waals surface area contributed by atoms with Crippen LogP contribution in [0.3, 0.4) is 0 Å². The van der Waals surface area contributed by atoms with Crippen LogP contribution in [-0.4, -0.2) is 27.3 Å². The molecule has 0 aliphatic carbocycles. The summed E-state index contributed by atoms with van der Waals surface area (Å²) < 4.78 is 0. The molecule has 1 fully saturated rings. The number of nitrogens with zero attached hydrogens (tertiary/aromatic N) is 3. The lowest BCUT2D eigenvalue weighted by atomic mass is 10.1. The zero-order valence-electron chi connectivity index (χ0n) is 12.4. The maximum atomic E-state index is 12.9. The molecular formula is C17H15N3OS2. The molecule has 3 aromatic heterocycles. The standard InChI is InChI=1S/C17H15N3OS2/c21-17(13-11-23-16(19-13)15-7-4-10-22-15)20-9-3-6-14(20)12-5-1-2-8-18-12/h1-2,4-5,7-8,10-11,14H,3,6,9H2/t14-/m0/s1. The van der Waals surface area contributed by atoms with Crippen LogP contribution in [0.15, 0.2) is 47.3 Å². The number of carbonyl (C=O) groups excluding carboxylic acids is 1. The molecule has 0 N–H and O–H groups in total. The Labute approximate surface area is 142 Å². The van der Waals surface area contributed by atoms with Gasteiger partial charge in [0.2, 0.25) is 0 Å². The second-order valence-electron chi connectivity index (χ2n) is 5.43. The lowest BCUT2D eigenvalue weighted by Gasteiger charge is -2.23. The van der Waals surface area contributed by atoms with Gasteiger partial charge < -0.3 is 4.90 Å². The molecule has 1 amide bonds. The molecule has 1 aliphatic heterocycles. The van der Waals surface area contributed by atoms with E-state index in [1.54, 1.807) is 17.5 Å². The largest absolute Gasteiger partial charge is 0.329 e. The predicted octanol–water partition coefficient (Wildman–Crippen LogP) is 4.24. The number of pyridine rings is 1. The molecule has 3 aromatic rings. The molecule has 6 heteroatoms. The summed E-state index contributed by atoms with van der Waals surface area (Å²) in [5.74, 6) is 0.0113. The van der Waals surface area contributed by atoms with Gasteiger partial charge in [-0.05, 0) is 36.4 Å². The molecule has 23 heavy (non-hydrogen) atoms. The monoisotopic (exact) mass is 341 g/mol. The normalized spacial score (nSPS) is 17.6. The Kier molecular flexibility index (Phi) is 3.93. The van der Waals surface area contributed by atoms with E-state index in [9.17, 15) is 4.79 Å². The summed E-state index contributed by atoms with van der Waals surface area (Å²) in [7, 11) is 0. The number of hydrogen-bond acceptors (Lipinski definition) is 5. The van der Waals surface area contributed by atoms with Crippen LogP contribution in [0.4, 0.5) is 0 Å². The molecule has 4 nitrogen and oxygen atoms in total. The first-order valence-corrected chi connectivity index (χ1v) is 9.30. The smallest absolute Gasteiger partial charge is 0.273 e. The first kappa shape index (κ1) is 14.5. The maximum absolute atomic E-state index is 12.9. The maximum Gasteiger partial charge on any atom is 0.273 e. The van der Waals surface area contributed by atoms with Crippen molar-refractivity contribution in [2.24, 2.45) is 0 Å². The van der Waals surface area contributed by atoms with Crippen LogP contribution >= 0.6 is 22.7 Å². The minimum absolute atomic E-state index is 0.0113. The topological polar surface area (TPSA) is 46.1 Å². The number of aromatic nitrogens is 2. The Balaban J connectivity index is 1.59. The van der Waals surface area contributed by atoms with E-state index >= 15 is 0 Å². The zero-order chi connectivity index (χ0) is 15.6. The van der Waals surface area contributed by atoms with Crippen molar-refractivity contribution in [1.82, 2.24) is 14.9 Å². The van der Waals surface area contributed by atoms with Crippen molar-refractivity contribution in [2.45, 2.75) is 18.9 Å². The highest BCUT2D eigenvalue weighted by atomic mass is 32.1. The molecule has 0 aromatic carbocycles. The first-order valence-electron chi connectivity index (χ1n) is 7.54. The van der Waals surface area contributed by atoms with Crippen molar-refractivity contribution >= 4 is 28.6 Å². The van der Waals surface area contributed by atoms with Gasteiger partial charge >= 0.3 is 0 Å². The zero-order valence-corrected chi connectivity index (χ0v) is 14.0. The van der Waals surface area contributed by atoms with E-state index in [-0.39, 0.29) is 11.9 Å². The van der Waals surface area contributed by atoms with Gasteiger partial charge in [0.25, 0.3) is 5.91 Å². The summed E-state index contributed by atoms with van der Waals surface area (Å²) in [5, 5.41) is 4.80. The van der Waals surface area contributed by atoms with Gasteiger partial charge in [-0.2, -0.15) is 0 Å². The molecule has 0 unspecified atom stereocenters. The first-order chi connectivity index (χ1) is 11.3. The number of amides is 1. The molecule has 1 atom stereocenters. The highest BCUT2D eigenvalue weighted by molar-refractivity contribution is 7.20. The van der Waals surface area contributed by atoms with Crippen LogP contribution < -0.4 is 0 Å². The van der Waals surface area contributed by atoms with Crippen molar-refractivity contribution < 1.29 is 4.79 Å². The number of thiophene rings is 1. The summed E-state index contributed by atoms with van der Waals surface area (Å²) in [5.41, 5.74) is 1.51. The van der Waals surface area contributed by atoms with Gasteiger partial charge in [-0.3, -0.25) is 9.78 Å². The highest BCUT2D eigenvalue weighted by Gasteiger charge is 2.32. The Hall–Kier alpha value is -2.05. The average Bonchev–Trinajstić information content (AvgIpc) is 3.35. The fourth-order valence-corrected chi connectivity index (χ4v) is 4.53. The van der Waals surface area contributed by atoms with Gasteiger partial charge in [0.15, 0.2) is 0 Å². The van der Waals surface area contributed by atoms with Gasteiger partial charge in [0.05, 0.1) is 16.6 Å². The second kappa shape index (κ2) is 6.22. The molecule has 0 saturated carbocycles. The van der Waals surface area contributed by atoms with E-state index in [2.05, 4.69) is 9.97 Å². The Morgan fingerprint density at radius 3 is 2.96 bits per heavy atom. The molecule has 0 radical (unpaired) electrons. The van der Waals surface area contributed by atoms with Crippen LogP contribution in [-0.2, 0) is 0 Å². The molecule has 1 aliphatic rings. The van der Waals surface area contributed by atoms with E-state index in [4.69, 9.17) is 0 Å². The van der Waals surface area contributed by atoms with E-state index in [0.29, 0.717) is 5.69 Å². The molecule has 0 bridgehead atoms. The molecule has 4 rings (SSSR count). The summed E-state index contributed by atoms with van der Waals surface area (Å²) in [4.78, 5) is 24.8. The number of rotatable bonds is 3. The van der Waals surface area contributed by atoms with Crippen molar-refractivity contribution in [1.29, 1.82) is 0 Å². The second-order valence-corrected chi connectivity index (χ2v) is 7.23. The number of thiazole rings is 1. The van der Waals surface area contributed by atoms with Gasteiger partial charge in [0.1, 0.15) is 10.7 Å². The lowest BCUT2D eigenvalue weighted by molar-refractivity contribution is 0.0728. The van der Waals surface area contributed by atoms with Crippen LogP contribution in [0.5, 0.6) is 0 Å². The van der Waals surface area contributed by atoms with Crippen LogP contribution in [0.25, 0.3) is 9.88 Å². The number of carbonyl (C=O) groups is 1. The average molecular weight is 341 g/mol. The number of hydrogen-bond donors (Lipinski definition) is 0. The molecule has 0 spiro atoms. The van der Waals surface area contributed by atoms with Crippen LogP contribution in [0, 0.1) is 0 Å². The Bertz CT molecular complexity index is 798. The van der Waals surface area contributed by atoms with E-state index < -0.39 is 0 Å². The van der Waals surface area contributed by atoms with Crippen molar-refractivity contribution in [3.63, 3.8) is 0 Å². The van der Waals surface area contributed by atoms with Gasteiger partial charge in [-0.1, -0.05) is 12.1 Å². The van der Waals surface area contributed by atoms with Crippen molar-refractivity contribution in [3.05, 3.63) is 58.7 Å². The predicted molar refractivity (Wildman–Crippen MR) is 92.7 cm³/mol. The fourth-order valence-electron chi connectivity index (χ4n) is 2.92. The molecule has 4 heterocycles. The van der Waals surface area contributed by atoms with Crippen molar-refractivity contribution in [2.75, 3.05) is 6.54 Å². The molecular weight excluding hydrogens is 326 g/mol. The Morgan fingerprint density at radius 1 is 1.22 bits per heavy atom. The van der Waals surface area contributed by atoms with Gasteiger partial charge in [-0.15, -0.1) is 22.7 Å². The summed E-state index contributed by atoms with van der Waals surface area (Å²) in [6.45, 7) is 0.770. The van der Waals surface area contributed by atoms with E-state index in [1.165, 1.54) is 11.3 Å². The molecule has 1 saturated heterocycles. The summed E-state index contributed by atoms with van der Waals surface area (Å²) in [6, 6.07) is 9.97. The number of likely N-dealkylation sites (tertiary alicyclic amines) is 1. The SMILES string of the molecule is O=C(c1csc(-c2cccs2)n1)N1CCC[C@H]1c1ccccn1. The van der Waals surface area contributed by atoms with E-state index in [0.717, 1.165) is 35.0 Å². The minimum Gasteiger partial charge on any atom is -0.329 e. The Morgan fingerprint density at radius 2 is 2.17 bits per heavy atom. The lowest BCUT2D eigenvalue weighted by Crippen LogP contribution is -2.31. The van der Waals surface area contributed by atoms with Crippen molar-refractivity contribution in [3.8, 4) is 9.88 Å². The van der Waals surface area contributed by atoms with Crippen LogP contribution in [0.2, 0.25) is 0 Å². The highest BCUT2D eigenvalue weighted by Crippen LogP contribution is 2.33. The van der Waals surface area contributed by atoms with Gasteiger partial charge in [-0.25, -0.2) is 4.98 Å². The van der Waals surface area contributed by atoms with Crippen LogP contribution in [0.1, 0.15) is 35.1 Å². The minimum atomic E-state index is 0.0113. The van der Waals surface area contributed by atoms with E-state index in [1.807, 2.05) is 46.0 Å².